The fraction of sp³-hybridized carbons (Fsp3) is 0.333. The Hall–Kier alpha value is -2.35. The second-order valence-corrected chi connectivity index (χ2v) is 7.43. The normalized spacial score (nSPS) is 12.9. The summed E-state index contributed by atoms with van der Waals surface area (Å²) in [6, 6.07) is 5.41. The summed E-state index contributed by atoms with van der Waals surface area (Å²) in [5, 5.41) is 14.0. The molecule has 1 N–H and O–H groups in total. The van der Waals surface area contributed by atoms with E-state index in [1.807, 2.05) is 26.8 Å². The third kappa shape index (κ3) is 3.70. The van der Waals surface area contributed by atoms with Crippen molar-refractivity contribution in [1.29, 1.82) is 0 Å². The van der Waals surface area contributed by atoms with Crippen molar-refractivity contribution in [3.63, 3.8) is 0 Å². The van der Waals surface area contributed by atoms with Gasteiger partial charge >= 0.3 is 0 Å². The Balaban J connectivity index is 2.43. The topological polar surface area (TPSA) is 102 Å². The van der Waals surface area contributed by atoms with Crippen LogP contribution in [0.5, 0.6) is 0 Å². The lowest BCUT2D eigenvalue weighted by Crippen LogP contribution is -2.11. The highest BCUT2D eigenvalue weighted by Crippen LogP contribution is 2.31. The molecule has 1 atom stereocenters. The van der Waals surface area contributed by atoms with Crippen molar-refractivity contribution in [2.24, 2.45) is 0 Å². The van der Waals surface area contributed by atoms with E-state index in [2.05, 4.69) is 5.32 Å². The number of nitrogens with zero attached hydrogens (tertiary/aromatic N) is 1. The minimum atomic E-state index is -3.61. The van der Waals surface area contributed by atoms with E-state index in [9.17, 15) is 18.5 Å². The van der Waals surface area contributed by atoms with Crippen LogP contribution in [0.4, 0.5) is 11.4 Å². The van der Waals surface area contributed by atoms with Crippen LogP contribution < -0.4 is 5.32 Å². The summed E-state index contributed by atoms with van der Waals surface area (Å²) in [6.45, 7) is 5.52. The highest BCUT2D eigenvalue weighted by molar-refractivity contribution is 7.90. The first kappa shape index (κ1) is 17.0. The number of hydrogen-bond donors (Lipinski definition) is 1. The maximum atomic E-state index is 11.9. The maximum Gasteiger partial charge on any atom is 0.270 e. The van der Waals surface area contributed by atoms with E-state index in [0.29, 0.717) is 5.69 Å². The molecule has 0 bridgehead atoms. The van der Waals surface area contributed by atoms with Crippen LogP contribution in [0.2, 0.25) is 0 Å². The zero-order valence-electron chi connectivity index (χ0n) is 13.3. The fourth-order valence-electron chi connectivity index (χ4n) is 2.44. The summed E-state index contributed by atoms with van der Waals surface area (Å²) in [6.07, 6.45) is 1.02. The van der Waals surface area contributed by atoms with Crippen molar-refractivity contribution in [2.75, 3.05) is 11.6 Å². The monoisotopic (exact) mass is 338 g/mol. The molecule has 0 aliphatic rings. The van der Waals surface area contributed by atoms with Crippen molar-refractivity contribution < 1.29 is 17.8 Å². The molecule has 2 rings (SSSR count). The van der Waals surface area contributed by atoms with Crippen molar-refractivity contribution >= 4 is 21.2 Å². The molecule has 0 saturated carbocycles. The SMILES string of the molecule is Cc1cc([C@@H](C)Nc2ccc([N+](=O)[O-])cc2S(C)(=O)=O)c(C)o1. The second-order valence-electron chi connectivity index (χ2n) is 5.44. The summed E-state index contributed by atoms with van der Waals surface area (Å²) < 4.78 is 29.3. The molecule has 0 radical (unpaired) electrons. The molecule has 0 aliphatic carbocycles. The summed E-state index contributed by atoms with van der Waals surface area (Å²) in [4.78, 5) is 10.1. The lowest BCUT2D eigenvalue weighted by molar-refractivity contribution is -0.385. The zero-order valence-corrected chi connectivity index (χ0v) is 14.1. The summed E-state index contributed by atoms with van der Waals surface area (Å²) in [5.74, 6) is 1.50. The number of benzene rings is 1. The summed E-state index contributed by atoms with van der Waals surface area (Å²) >= 11 is 0. The van der Waals surface area contributed by atoms with Crippen LogP contribution in [0.15, 0.2) is 33.6 Å². The highest BCUT2D eigenvalue weighted by Gasteiger charge is 2.21. The standard InChI is InChI=1S/C15H18N2O5S/c1-9-7-13(11(3)22-9)10(2)16-14-6-5-12(17(18)19)8-15(14)23(4,20)21/h5-8,10,16H,1-4H3/t10-/m1/s1. The third-order valence-electron chi connectivity index (χ3n) is 3.49. The number of anilines is 1. The Bertz CT molecular complexity index is 855. The van der Waals surface area contributed by atoms with Crippen molar-refractivity contribution in [2.45, 2.75) is 31.7 Å². The van der Waals surface area contributed by atoms with Gasteiger partial charge < -0.3 is 9.73 Å². The molecule has 1 aromatic heterocycles. The number of non-ortho nitro benzene ring substituents is 1. The van der Waals surface area contributed by atoms with E-state index in [4.69, 9.17) is 4.42 Å². The molecular formula is C15H18N2O5S. The number of hydrogen-bond acceptors (Lipinski definition) is 6. The van der Waals surface area contributed by atoms with Gasteiger partial charge in [0.2, 0.25) is 0 Å². The molecule has 0 fully saturated rings. The molecule has 23 heavy (non-hydrogen) atoms. The maximum absolute atomic E-state index is 11.9. The lowest BCUT2D eigenvalue weighted by atomic mass is 10.1. The van der Waals surface area contributed by atoms with Crippen LogP contribution >= 0.6 is 0 Å². The van der Waals surface area contributed by atoms with Crippen LogP contribution in [-0.2, 0) is 9.84 Å². The molecule has 0 amide bonds. The number of sulfone groups is 1. The number of aryl methyl sites for hydroxylation is 2. The average Bonchev–Trinajstić information content (AvgIpc) is 2.76. The van der Waals surface area contributed by atoms with Gasteiger partial charge in [0.1, 0.15) is 11.5 Å². The quantitative estimate of drug-likeness (QED) is 0.662. The minimum Gasteiger partial charge on any atom is -0.466 e. The first-order chi connectivity index (χ1) is 10.6. The van der Waals surface area contributed by atoms with Gasteiger partial charge in [-0.1, -0.05) is 0 Å². The molecule has 7 nitrogen and oxygen atoms in total. The van der Waals surface area contributed by atoms with Crippen molar-refractivity contribution in [3.8, 4) is 0 Å². The molecule has 2 aromatic rings. The number of nitrogens with one attached hydrogen (secondary N) is 1. The Morgan fingerprint density at radius 3 is 2.39 bits per heavy atom. The van der Waals surface area contributed by atoms with Gasteiger partial charge in [-0.05, 0) is 32.9 Å². The molecule has 0 aliphatic heterocycles. The predicted molar refractivity (Wildman–Crippen MR) is 86.4 cm³/mol. The molecule has 1 heterocycles. The van der Waals surface area contributed by atoms with E-state index in [1.165, 1.54) is 12.1 Å². The summed E-state index contributed by atoms with van der Waals surface area (Å²) in [7, 11) is -3.61. The van der Waals surface area contributed by atoms with Gasteiger partial charge in [0.05, 0.1) is 21.5 Å². The fourth-order valence-corrected chi connectivity index (χ4v) is 3.30. The smallest absolute Gasteiger partial charge is 0.270 e. The summed E-state index contributed by atoms with van der Waals surface area (Å²) in [5.41, 5.74) is 0.961. The first-order valence-electron chi connectivity index (χ1n) is 6.91. The second kappa shape index (κ2) is 6.04. The largest absolute Gasteiger partial charge is 0.466 e. The lowest BCUT2D eigenvalue weighted by Gasteiger charge is -2.17. The predicted octanol–water partition coefficient (Wildman–Crippen LogP) is 3.38. The first-order valence-corrected chi connectivity index (χ1v) is 8.80. The number of nitro groups is 1. The molecule has 1 aromatic carbocycles. The Morgan fingerprint density at radius 2 is 1.91 bits per heavy atom. The van der Waals surface area contributed by atoms with Gasteiger partial charge in [-0.3, -0.25) is 10.1 Å². The van der Waals surface area contributed by atoms with Gasteiger partial charge in [0, 0.05) is 24.0 Å². The Labute approximate surface area is 134 Å². The van der Waals surface area contributed by atoms with E-state index in [-0.39, 0.29) is 16.6 Å². The Kier molecular flexibility index (Phi) is 4.46. The number of nitro benzene ring substituents is 1. The van der Waals surface area contributed by atoms with E-state index < -0.39 is 14.8 Å². The molecule has 0 saturated heterocycles. The molecule has 124 valence electrons. The van der Waals surface area contributed by atoms with Crippen LogP contribution in [0.1, 0.15) is 30.0 Å². The average molecular weight is 338 g/mol. The van der Waals surface area contributed by atoms with Gasteiger partial charge in [-0.25, -0.2) is 8.42 Å². The van der Waals surface area contributed by atoms with Crippen molar-refractivity contribution in [1.82, 2.24) is 0 Å². The number of rotatable bonds is 5. The van der Waals surface area contributed by atoms with Crippen LogP contribution in [0.3, 0.4) is 0 Å². The van der Waals surface area contributed by atoms with Gasteiger partial charge in [0.15, 0.2) is 9.84 Å². The molecule has 0 unspecified atom stereocenters. The van der Waals surface area contributed by atoms with Crippen LogP contribution in [-0.4, -0.2) is 19.6 Å². The third-order valence-corrected chi connectivity index (χ3v) is 4.63. The molecule has 0 spiro atoms. The minimum absolute atomic E-state index is 0.101. The van der Waals surface area contributed by atoms with Gasteiger partial charge in [0.25, 0.3) is 5.69 Å². The van der Waals surface area contributed by atoms with Crippen LogP contribution in [0, 0.1) is 24.0 Å². The molecular weight excluding hydrogens is 320 g/mol. The molecule has 8 heteroatoms. The van der Waals surface area contributed by atoms with E-state index in [1.54, 1.807) is 0 Å². The zero-order chi connectivity index (χ0) is 17.4. The van der Waals surface area contributed by atoms with E-state index >= 15 is 0 Å². The highest BCUT2D eigenvalue weighted by atomic mass is 32.2. The van der Waals surface area contributed by atoms with Crippen molar-refractivity contribution in [3.05, 3.63) is 51.5 Å². The van der Waals surface area contributed by atoms with Crippen LogP contribution in [0.25, 0.3) is 0 Å². The number of furan rings is 1. The Morgan fingerprint density at radius 1 is 1.26 bits per heavy atom. The van der Waals surface area contributed by atoms with Gasteiger partial charge in [-0.2, -0.15) is 0 Å². The van der Waals surface area contributed by atoms with Gasteiger partial charge in [-0.15, -0.1) is 0 Å². The van der Waals surface area contributed by atoms with E-state index in [0.717, 1.165) is 29.4 Å².